The molecule has 0 aromatic heterocycles. The Bertz CT molecular complexity index is 2370. The Morgan fingerprint density at radius 2 is 0.525 bits per heavy atom. The number of phosphoric ester groups is 2. The standard InChI is InChI=1S/C83H142O16P2/c1-4-7-10-13-16-19-22-25-28-30-32-34-36-37-38-39-41-43-44-46-49-51-54-57-60-63-66-69-81(86)93-72-78(84)73-95-100(89,90)96-74-79(85)75-97-101(91,92)98-77-80(99-83(88)71-68-65-62-59-56-53-48-27-24-21-18-15-12-9-6-3)76-94-82(87)70-67-64-61-58-55-52-50-47-45-42-40-35-33-31-29-26-23-20-17-14-11-8-5-2/h7-8,10-11,16-17,19-20,25-26,28-29,32-35,37-38,41-43,45,78-80,84-85H,4-6,9,12-15,18,21-24,27,30-31,36,39-40,44,46-77H2,1-3H3,(H,89,90)(H,91,92)/b10-7-,11-8-,19-16-,20-17-,28-25-,29-26-,34-32-,35-33-,38-37-,43-41-,45-42-. The van der Waals surface area contributed by atoms with Crippen LogP contribution in [0, 0.1) is 0 Å². The fourth-order valence-electron chi connectivity index (χ4n) is 10.4. The van der Waals surface area contributed by atoms with Gasteiger partial charge < -0.3 is 34.2 Å². The molecule has 0 aromatic rings. The number of hydrogen-bond acceptors (Lipinski definition) is 14. The Balaban J connectivity index is 4.59. The first-order valence-electron chi connectivity index (χ1n) is 39.5. The molecule has 0 radical (unpaired) electrons. The van der Waals surface area contributed by atoms with E-state index in [2.05, 4.69) is 154 Å². The van der Waals surface area contributed by atoms with Crippen LogP contribution in [0.2, 0.25) is 0 Å². The van der Waals surface area contributed by atoms with Crippen molar-refractivity contribution in [3.05, 3.63) is 134 Å². The van der Waals surface area contributed by atoms with Crippen LogP contribution in [0.4, 0.5) is 0 Å². The molecule has 0 spiro atoms. The lowest BCUT2D eigenvalue weighted by atomic mass is 10.0. The smallest absolute Gasteiger partial charge is 0.463 e. The number of aliphatic hydroxyl groups is 2. The third-order valence-corrected chi connectivity index (χ3v) is 18.3. The summed E-state index contributed by atoms with van der Waals surface area (Å²) >= 11 is 0. The molecule has 0 saturated heterocycles. The maximum Gasteiger partial charge on any atom is 0.472 e. The van der Waals surface area contributed by atoms with Gasteiger partial charge >= 0.3 is 33.6 Å². The van der Waals surface area contributed by atoms with Gasteiger partial charge in [0.2, 0.25) is 0 Å². The van der Waals surface area contributed by atoms with E-state index in [0.717, 1.165) is 173 Å². The highest BCUT2D eigenvalue weighted by atomic mass is 31.2. The number of aliphatic hydroxyl groups excluding tert-OH is 2. The van der Waals surface area contributed by atoms with E-state index in [1.165, 1.54) is 83.5 Å². The molecule has 0 bridgehead atoms. The van der Waals surface area contributed by atoms with E-state index in [1.807, 2.05) is 0 Å². The van der Waals surface area contributed by atoms with E-state index in [1.54, 1.807) is 0 Å². The average molecular weight is 1460 g/mol. The molecule has 0 aromatic carbocycles. The van der Waals surface area contributed by atoms with Gasteiger partial charge in [-0.1, -0.05) is 315 Å². The maximum atomic E-state index is 13.0. The van der Waals surface area contributed by atoms with Gasteiger partial charge in [0.05, 0.1) is 26.4 Å². The molecule has 0 rings (SSSR count). The van der Waals surface area contributed by atoms with Crippen LogP contribution in [0.5, 0.6) is 0 Å². The topological polar surface area (TPSA) is 231 Å². The van der Waals surface area contributed by atoms with Gasteiger partial charge in [-0.25, -0.2) is 9.13 Å². The summed E-state index contributed by atoms with van der Waals surface area (Å²) in [5, 5.41) is 20.6. The number of allylic oxidation sites excluding steroid dienone is 22. The lowest BCUT2D eigenvalue weighted by Gasteiger charge is -2.21. The third-order valence-electron chi connectivity index (χ3n) is 16.4. The second-order valence-corrected chi connectivity index (χ2v) is 29.0. The minimum absolute atomic E-state index is 0.103. The normalized spacial score (nSPS) is 14.7. The van der Waals surface area contributed by atoms with Crippen LogP contribution in [-0.4, -0.2) is 95.9 Å². The second kappa shape index (κ2) is 75.4. The lowest BCUT2D eigenvalue weighted by Crippen LogP contribution is -2.30. The minimum atomic E-state index is -4.93. The van der Waals surface area contributed by atoms with Crippen LogP contribution >= 0.6 is 15.6 Å². The fourth-order valence-corrected chi connectivity index (χ4v) is 12.0. The molecule has 4 N–H and O–H groups in total. The van der Waals surface area contributed by atoms with Gasteiger partial charge in [0.15, 0.2) is 6.10 Å². The molecule has 0 aliphatic rings. The molecule has 101 heavy (non-hydrogen) atoms. The van der Waals surface area contributed by atoms with Gasteiger partial charge in [0, 0.05) is 19.3 Å². The SMILES string of the molecule is CC/C=C\C/C=C\C/C=C\C/C=C\C/C=C\C/C=C\CCCCCCCCCCC(=O)OCC(O)COP(=O)(O)OCC(O)COP(=O)(O)OCC(COC(=O)CCCCCCCCC/C=C\C/C=C\C/C=C\C/C=C\C/C=C\CC)OC(=O)CCCCCCCCCCCCCCCCC. The van der Waals surface area contributed by atoms with Crippen LogP contribution in [0.3, 0.4) is 0 Å². The number of esters is 3. The minimum Gasteiger partial charge on any atom is -0.463 e. The molecule has 0 amide bonds. The van der Waals surface area contributed by atoms with Gasteiger partial charge in [0.1, 0.15) is 25.4 Å². The molecule has 580 valence electrons. The first-order chi connectivity index (χ1) is 49.2. The summed E-state index contributed by atoms with van der Waals surface area (Å²) in [6.07, 6.45) is 90.6. The van der Waals surface area contributed by atoms with Crippen molar-refractivity contribution in [1.82, 2.24) is 0 Å². The predicted molar refractivity (Wildman–Crippen MR) is 417 cm³/mol. The summed E-state index contributed by atoms with van der Waals surface area (Å²) in [7, 11) is -9.79. The summed E-state index contributed by atoms with van der Waals surface area (Å²) in [4.78, 5) is 58.7. The van der Waals surface area contributed by atoms with E-state index in [-0.39, 0.29) is 19.3 Å². The van der Waals surface area contributed by atoms with Crippen LogP contribution in [0.15, 0.2) is 134 Å². The maximum absolute atomic E-state index is 13.0. The summed E-state index contributed by atoms with van der Waals surface area (Å²) in [6.45, 7) is 2.45. The van der Waals surface area contributed by atoms with Gasteiger partial charge in [-0.05, 0) is 116 Å². The van der Waals surface area contributed by atoms with Crippen molar-refractivity contribution in [2.45, 2.75) is 334 Å². The Kier molecular flexibility index (Phi) is 72.2. The van der Waals surface area contributed by atoms with Gasteiger partial charge in [-0.15, -0.1) is 0 Å². The molecule has 5 atom stereocenters. The lowest BCUT2D eigenvalue weighted by molar-refractivity contribution is -0.161. The van der Waals surface area contributed by atoms with Crippen molar-refractivity contribution >= 4 is 33.6 Å². The fraction of sp³-hybridized carbons (Fsp3) is 0.699. The molecular weight excluding hydrogens is 1310 g/mol. The highest BCUT2D eigenvalue weighted by molar-refractivity contribution is 7.47. The quantitative estimate of drug-likeness (QED) is 0.0146. The van der Waals surface area contributed by atoms with E-state index in [4.69, 9.17) is 32.3 Å². The Morgan fingerprint density at radius 3 is 0.832 bits per heavy atom. The Hall–Kier alpha value is -4.31. The highest BCUT2D eigenvalue weighted by Crippen LogP contribution is 2.45. The van der Waals surface area contributed by atoms with Crippen molar-refractivity contribution in [2.75, 3.05) is 39.6 Å². The zero-order valence-electron chi connectivity index (χ0n) is 63.3. The molecule has 0 heterocycles. The van der Waals surface area contributed by atoms with Gasteiger partial charge in [-0.3, -0.25) is 32.5 Å². The summed E-state index contributed by atoms with van der Waals surface area (Å²) in [6, 6.07) is 0. The summed E-state index contributed by atoms with van der Waals surface area (Å²) < 4.78 is 61.2. The number of hydrogen-bond donors (Lipinski definition) is 4. The molecule has 0 aliphatic carbocycles. The number of unbranched alkanes of at least 4 members (excludes halogenated alkanes) is 29. The number of rotatable bonds is 74. The van der Waals surface area contributed by atoms with E-state index in [9.17, 15) is 43.5 Å². The van der Waals surface area contributed by atoms with Crippen LogP contribution in [0.25, 0.3) is 0 Å². The van der Waals surface area contributed by atoms with E-state index < -0.39 is 91.5 Å². The van der Waals surface area contributed by atoms with Crippen molar-refractivity contribution in [2.24, 2.45) is 0 Å². The van der Waals surface area contributed by atoms with Crippen molar-refractivity contribution in [3.63, 3.8) is 0 Å². The number of phosphoric acid groups is 2. The van der Waals surface area contributed by atoms with Crippen LogP contribution < -0.4 is 0 Å². The van der Waals surface area contributed by atoms with Crippen LogP contribution in [0.1, 0.15) is 316 Å². The molecule has 16 nitrogen and oxygen atoms in total. The molecule has 18 heteroatoms. The first kappa shape index (κ1) is 96.7. The molecule has 0 saturated carbocycles. The highest BCUT2D eigenvalue weighted by Gasteiger charge is 2.29. The number of ether oxygens (including phenoxy) is 3. The van der Waals surface area contributed by atoms with Crippen LogP contribution in [-0.2, 0) is 55.8 Å². The molecular formula is C83H142O16P2. The second-order valence-electron chi connectivity index (χ2n) is 26.1. The number of carbonyl (C=O) groups is 3. The van der Waals surface area contributed by atoms with Crippen molar-refractivity contribution < 1.29 is 75.8 Å². The van der Waals surface area contributed by atoms with E-state index >= 15 is 0 Å². The van der Waals surface area contributed by atoms with Crippen molar-refractivity contribution in [3.8, 4) is 0 Å². The Labute approximate surface area is 614 Å². The molecule has 0 fully saturated rings. The largest absolute Gasteiger partial charge is 0.472 e. The Morgan fingerprint density at radius 1 is 0.287 bits per heavy atom. The zero-order valence-corrected chi connectivity index (χ0v) is 65.1. The molecule has 0 aliphatic heterocycles. The van der Waals surface area contributed by atoms with E-state index in [0.29, 0.717) is 19.3 Å². The van der Waals surface area contributed by atoms with Crippen molar-refractivity contribution in [1.29, 1.82) is 0 Å². The first-order valence-corrected chi connectivity index (χ1v) is 42.5. The number of carbonyl (C=O) groups excluding carboxylic acids is 3. The third kappa shape index (κ3) is 76.6. The molecule has 5 unspecified atom stereocenters. The van der Waals surface area contributed by atoms with Gasteiger partial charge in [0.25, 0.3) is 0 Å². The van der Waals surface area contributed by atoms with Gasteiger partial charge in [-0.2, -0.15) is 0 Å². The zero-order chi connectivity index (χ0) is 73.7. The average Bonchev–Trinajstić information content (AvgIpc) is 0.951. The monoisotopic (exact) mass is 1460 g/mol. The summed E-state index contributed by atoms with van der Waals surface area (Å²) in [5.41, 5.74) is 0. The predicted octanol–water partition coefficient (Wildman–Crippen LogP) is 23.1. The summed E-state index contributed by atoms with van der Waals surface area (Å²) in [5.74, 6) is -1.59.